The molecule has 11 heteroatoms. The van der Waals surface area contributed by atoms with Gasteiger partial charge in [0.05, 0.1) is 11.8 Å². The van der Waals surface area contributed by atoms with Crippen molar-refractivity contribution in [2.45, 2.75) is 50.1 Å². The molecule has 1 saturated heterocycles. The molecular formula is C30H33F3N4O3S. The molecule has 1 aromatic heterocycles. The molecule has 1 saturated carbocycles. The van der Waals surface area contributed by atoms with Gasteiger partial charge in [0.15, 0.2) is 6.10 Å². The number of piperidine rings is 1. The maximum absolute atomic E-state index is 13.2. The number of nitrogen functional groups attached to an aromatic ring is 1. The number of nitrogens with zero attached hydrogens (tertiary/aromatic N) is 1. The molecule has 1 aliphatic carbocycles. The van der Waals surface area contributed by atoms with Crippen LogP contribution in [0.5, 0.6) is 5.75 Å². The quantitative estimate of drug-likeness (QED) is 0.188. The van der Waals surface area contributed by atoms with Gasteiger partial charge >= 0.3 is 6.18 Å². The van der Waals surface area contributed by atoms with Crippen LogP contribution in [0, 0.1) is 11.3 Å². The number of alkyl halides is 3. The highest BCUT2D eigenvalue weighted by molar-refractivity contribution is 7.08. The zero-order valence-electron chi connectivity index (χ0n) is 22.4. The normalized spacial score (nSPS) is 18.0. The summed E-state index contributed by atoms with van der Waals surface area (Å²) in [6, 6.07) is 14.0. The third-order valence-electron chi connectivity index (χ3n) is 7.66. The largest absolute Gasteiger partial charge is 0.490 e. The molecular weight excluding hydrogens is 553 g/mol. The fourth-order valence-electron chi connectivity index (χ4n) is 5.10. The summed E-state index contributed by atoms with van der Waals surface area (Å²) in [5, 5.41) is 25.3. The van der Waals surface area contributed by atoms with Crippen molar-refractivity contribution in [2.75, 3.05) is 25.4 Å². The number of nitrogens with two attached hydrogens (primary N) is 1. The molecule has 3 aromatic rings. The van der Waals surface area contributed by atoms with E-state index in [2.05, 4.69) is 10.7 Å². The minimum absolute atomic E-state index is 0.0273. The van der Waals surface area contributed by atoms with Crippen LogP contribution in [-0.2, 0) is 0 Å². The van der Waals surface area contributed by atoms with Crippen LogP contribution in [0.15, 0.2) is 59.3 Å². The van der Waals surface area contributed by atoms with Crippen molar-refractivity contribution < 1.29 is 27.8 Å². The Labute approximate surface area is 240 Å². The number of aliphatic hydroxyl groups excluding tert-OH is 1. The van der Waals surface area contributed by atoms with Crippen molar-refractivity contribution in [3.8, 4) is 5.75 Å². The Morgan fingerprint density at radius 2 is 1.78 bits per heavy atom. The van der Waals surface area contributed by atoms with E-state index >= 15 is 0 Å². The lowest BCUT2D eigenvalue weighted by Gasteiger charge is -2.33. The number of rotatable bonds is 10. The zero-order chi connectivity index (χ0) is 29.1. The van der Waals surface area contributed by atoms with Crippen molar-refractivity contribution in [2.24, 2.45) is 5.92 Å². The second-order valence-corrected chi connectivity index (χ2v) is 11.5. The van der Waals surface area contributed by atoms with E-state index in [9.17, 15) is 23.1 Å². The summed E-state index contributed by atoms with van der Waals surface area (Å²) in [7, 11) is 0. The number of aliphatic hydroxyl groups is 1. The van der Waals surface area contributed by atoms with Gasteiger partial charge in [-0.3, -0.25) is 10.2 Å². The molecule has 7 nitrogen and oxygen atoms in total. The first kappa shape index (κ1) is 29.1. The molecule has 5 N–H and O–H groups in total. The molecule has 1 aliphatic heterocycles. The number of hydrogen-bond donors (Lipinski definition) is 4. The average molecular weight is 587 g/mol. The minimum Gasteiger partial charge on any atom is -0.490 e. The Balaban J connectivity index is 1.18. The van der Waals surface area contributed by atoms with Crippen LogP contribution in [0.1, 0.15) is 58.8 Å². The van der Waals surface area contributed by atoms with Crippen molar-refractivity contribution in [1.82, 2.24) is 10.2 Å². The standard InChI is InChI=1S/C30H33F3N4O3S/c31-30(32,33)26(38)16-37-12-9-23(10-13-37)40-22-6-3-18(4-7-22)27(35)24-15-20(5-8-25(24)34)29(39)36-28(19-1-2-19)21-11-14-41-17-21/h3-8,11,14-15,17,19,23,26,28,35,38H,1-2,9-10,12-13,16,34H2,(H,36,39)/t26-,28-/m1/s1. The highest BCUT2D eigenvalue weighted by Crippen LogP contribution is 2.41. The maximum Gasteiger partial charge on any atom is 0.415 e. The van der Waals surface area contributed by atoms with E-state index in [1.807, 2.05) is 11.4 Å². The average Bonchev–Trinajstić information content (AvgIpc) is 3.65. The van der Waals surface area contributed by atoms with Crippen LogP contribution in [-0.4, -0.2) is 59.6 Å². The Kier molecular flexibility index (Phi) is 8.67. The van der Waals surface area contributed by atoms with Crippen molar-refractivity contribution in [3.63, 3.8) is 0 Å². The molecule has 2 aromatic carbocycles. The van der Waals surface area contributed by atoms with Gasteiger partial charge in [0.2, 0.25) is 0 Å². The van der Waals surface area contributed by atoms with E-state index in [0.29, 0.717) is 60.0 Å². The van der Waals surface area contributed by atoms with Gasteiger partial charge in [-0.1, -0.05) is 0 Å². The number of likely N-dealkylation sites (tertiary alicyclic amines) is 1. The summed E-state index contributed by atoms with van der Waals surface area (Å²) in [6.07, 6.45) is -3.86. The summed E-state index contributed by atoms with van der Waals surface area (Å²) < 4.78 is 43.9. The molecule has 0 bridgehead atoms. The number of nitrogens with one attached hydrogen (secondary N) is 2. The first-order chi connectivity index (χ1) is 19.6. The molecule has 1 amide bonds. The molecule has 2 atom stereocenters. The smallest absolute Gasteiger partial charge is 0.415 e. The highest BCUT2D eigenvalue weighted by Gasteiger charge is 2.39. The number of halogens is 3. The Morgan fingerprint density at radius 3 is 2.39 bits per heavy atom. The van der Waals surface area contributed by atoms with Gasteiger partial charge in [-0.15, -0.1) is 0 Å². The molecule has 41 heavy (non-hydrogen) atoms. The Hall–Kier alpha value is -3.41. The molecule has 2 aliphatic rings. The fraction of sp³-hybridized carbons (Fsp3) is 0.400. The molecule has 0 spiro atoms. The van der Waals surface area contributed by atoms with Gasteiger partial charge in [0.1, 0.15) is 11.9 Å². The molecule has 5 rings (SSSR count). The van der Waals surface area contributed by atoms with Crippen molar-refractivity contribution in [3.05, 3.63) is 81.5 Å². The van der Waals surface area contributed by atoms with Gasteiger partial charge in [-0.25, -0.2) is 0 Å². The summed E-state index contributed by atoms with van der Waals surface area (Å²) in [6.45, 7) is 0.367. The summed E-state index contributed by atoms with van der Waals surface area (Å²) >= 11 is 1.61. The minimum atomic E-state index is -4.62. The van der Waals surface area contributed by atoms with E-state index in [4.69, 9.17) is 15.9 Å². The summed E-state index contributed by atoms with van der Waals surface area (Å²) in [5.74, 6) is 0.830. The summed E-state index contributed by atoms with van der Waals surface area (Å²) in [5.41, 5.74) is 9.39. The monoisotopic (exact) mass is 586 g/mol. The third-order valence-corrected chi connectivity index (χ3v) is 8.36. The second-order valence-electron chi connectivity index (χ2n) is 10.7. The fourth-order valence-corrected chi connectivity index (χ4v) is 5.80. The van der Waals surface area contributed by atoms with Crippen molar-refractivity contribution in [1.29, 1.82) is 5.41 Å². The van der Waals surface area contributed by atoms with Crippen LogP contribution < -0.4 is 15.8 Å². The van der Waals surface area contributed by atoms with Crippen LogP contribution in [0.25, 0.3) is 0 Å². The Morgan fingerprint density at radius 1 is 1.10 bits per heavy atom. The first-order valence-corrected chi connectivity index (χ1v) is 14.6. The molecule has 2 fully saturated rings. The van der Waals surface area contributed by atoms with Crippen LogP contribution >= 0.6 is 11.3 Å². The highest BCUT2D eigenvalue weighted by atomic mass is 32.1. The molecule has 218 valence electrons. The maximum atomic E-state index is 13.2. The lowest BCUT2D eigenvalue weighted by molar-refractivity contribution is -0.208. The number of carbonyl (C=O) groups excluding carboxylic acids is 1. The Bertz CT molecular complexity index is 1350. The van der Waals surface area contributed by atoms with E-state index in [-0.39, 0.29) is 23.8 Å². The molecule has 0 unspecified atom stereocenters. The van der Waals surface area contributed by atoms with Gasteiger partial charge in [-0.05, 0) is 96.5 Å². The van der Waals surface area contributed by atoms with Crippen LogP contribution in [0.3, 0.4) is 0 Å². The number of amides is 1. The predicted octanol–water partition coefficient (Wildman–Crippen LogP) is 5.39. The van der Waals surface area contributed by atoms with Crippen molar-refractivity contribution >= 4 is 28.6 Å². The van der Waals surface area contributed by atoms with E-state index in [1.54, 1.807) is 58.7 Å². The number of hydrogen-bond acceptors (Lipinski definition) is 7. The van der Waals surface area contributed by atoms with E-state index < -0.39 is 18.8 Å². The number of thiophene rings is 1. The number of anilines is 1. The number of carbonyl (C=O) groups is 1. The lowest BCUT2D eigenvalue weighted by atomic mass is 9.98. The molecule has 0 radical (unpaired) electrons. The SMILES string of the molecule is N=C(c1ccc(OC2CCN(C[C@@H](O)C(F)(F)F)CC2)cc1)c1cc(C(=O)N[C@@H](c2ccsc2)C2CC2)ccc1N. The predicted molar refractivity (Wildman–Crippen MR) is 153 cm³/mol. The van der Waals surface area contributed by atoms with Gasteiger partial charge in [0.25, 0.3) is 5.91 Å². The number of β-amino-alcohol motifs (C(OH)–C–C–N with tert-alkyl or cyclic N) is 1. The topological polar surface area (TPSA) is 112 Å². The van der Waals surface area contributed by atoms with Crippen LogP contribution in [0.2, 0.25) is 0 Å². The second kappa shape index (κ2) is 12.2. The first-order valence-electron chi connectivity index (χ1n) is 13.6. The number of benzene rings is 2. The lowest BCUT2D eigenvalue weighted by Crippen LogP contribution is -2.45. The molecule has 2 heterocycles. The van der Waals surface area contributed by atoms with Gasteiger partial charge in [0, 0.05) is 42.0 Å². The van der Waals surface area contributed by atoms with Gasteiger partial charge in [-0.2, -0.15) is 24.5 Å². The van der Waals surface area contributed by atoms with E-state index in [0.717, 1.165) is 18.4 Å². The third kappa shape index (κ3) is 7.27. The zero-order valence-corrected chi connectivity index (χ0v) is 23.2. The number of ether oxygens (including phenoxy) is 1. The van der Waals surface area contributed by atoms with Gasteiger partial charge < -0.3 is 25.8 Å². The van der Waals surface area contributed by atoms with E-state index in [1.165, 1.54) is 0 Å². The summed E-state index contributed by atoms with van der Waals surface area (Å²) in [4.78, 5) is 14.7. The van der Waals surface area contributed by atoms with Crippen LogP contribution in [0.4, 0.5) is 18.9 Å².